The van der Waals surface area contributed by atoms with Crippen LogP contribution >= 0.6 is 12.2 Å². The van der Waals surface area contributed by atoms with E-state index in [1.54, 1.807) is 18.3 Å². The molecule has 2 aliphatic heterocycles. The van der Waals surface area contributed by atoms with E-state index >= 15 is 0 Å². The van der Waals surface area contributed by atoms with Crippen molar-refractivity contribution in [3.05, 3.63) is 95.6 Å². The van der Waals surface area contributed by atoms with Gasteiger partial charge in [-0.2, -0.15) is 0 Å². The number of aryl methyl sites for hydroxylation is 1. The fourth-order valence-electron chi connectivity index (χ4n) is 6.19. The first-order chi connectivity index (χ1) is 21.1. The normalized spacial score (nSPS) is 18.8. The SMILES string of the molecule is COc1ccc(N2C(=S)N[C@@H](c3ccccn3)[C@@H]2c2cc(C)n(-c3ccc(N4CCOCC4)cc3)c2C)cc1NS(C)(=O)=O. The number of rotatable bonds is 8. The third-order valence-corrected chi connectivity index (χ3v) is 9.03. The van der Waals surface area contributed by atoms with Crippen LogP contribution < -0.4 is 24.6 Å². The molecule has 2 aromatic heterocycles. The number of methoxy groups -OCH3 is 1. The summed E-state index contributed by atoms with van der Waals surface area (Å²) in [6.45, 7) is 7.49. The predicted molar refractivity (Wildman–Crippen MR) is 178 cm³/mol. The van der Waals surface area contributed by atoms with Crippen LogP contribution in [-0.4, -0.2) is 62.8 Å². The van der Waals surface area contributed by atoms with Gasteiger partial charge in [0, 0.05) is 47.7 Å². The highest BCUT2D eigenvalue weighted by atomic mass is 32.2. The molecule has 2 N–H and O–H groups in total. The van der Waals surface area contributed by atoms with Gasteiger partial charge in [0.2, 0.25) is 10.0 Å². The van der Waals surface area contributed by atoms with Crippen LogP contribution in [0, 0.1) is 13.8 Å². The summed E-state index contributed by atoms with van der Waals surface area (Å²) in [4.78, 5) is 9.06. The van der Waals surface area contributed by atoms with E-state index in [1.165, 1.54) is 12.8 Å². The average Bonchev–Trinajstić information content (AvgIpc) is 3.51. The molecule has 2 atom stereocenters. The summed E-state index contributed by atoms with van der Waals surface area (Å²) in [5.74, 6) is 0.411. The molecule has 0 spiro atoms. The standard InChI is InChI=1S/C32H36N6O4S2/c1-21-19-26(22(2)37(21)24-10-8-23(9-11-24)36-15-17-42-18-16-36)31-30(27-7-5-6-14-33-27)34-32(43)38(31)25-12-13-29(41-3)28(20-25)35-44(4,39)40/h5-14,19-20,30-31,35H,15-18H2,1-4H3,(H,34,43)/t30-,31-/m0/s1. The Bertz CT molecular complexity index is 1770. The van der Waals surface area contributed by atoms with E-state index in [9.17, 15) is 8.42 Å². The maximum Gasteiger partial charge on any atom is 0.229 e. The van der Waals surface area contributed by atoms with E-state index in [4.69, 9.17) is 21.7 Å². The van der Waals surface area contributed by atoms with Gasteiger partial charge in [0.25, 0.3) is 0 Å². The number of nitrogens with one attached hydrogen (secondary N) is 2. The van der Waals surface area contributed by atoms with Crippen molar-refractivity contribution in [1.29, 1.82) is 0 Å². The number of benzene rings is 2. The summed E-state index contributed by atoms with van der Waals surface area (Å²) in [5, 5.41) is 4.02. The molecule has 2 saturated heterocycles. The van der Waals surface area contributed by atoms with Crippen molar-refractivity contribution in [3.8, 4) is 11.4 Å². The highest BCUT2D eigenvalue weighted by molar-refractivity contribution is 7.92. The molecule has 4 heterocycles. The minimum atomic E-state index is -3.55. The molecule has 0 aliphatic carbocycles. The smallest absolute Gasteiger partial charge is 0.229 e. The number of ether oxygens (including phenoxy) is 2. The number of hydrogen-bond acceptors (Lipinski definition) is 7. The number of aromatic nitrogens is 2. The Hall–Kier alpha value is -4.13. The van der Waals surface area contributed by atoms with Crippen molar-refractivity contribution in [2.75, 3.05) is 54.2 Å². The summed E-state index contributed by atoms with van der Waals surface area (Å²) < 4.78 is 40.2. The largest absolute Gasteiger partial charge is 0.495 e. The average molecular weight is 633 g/mol. The zero-order chi connectivity index (χ0) is 31.0. The molecular weight excluding hydrogens is 597 g/mol. The highest BCUT2D eigenvalue weighted by Crippen LogP contribution is 2.45. The lowest BCUT2D eigenvalue weighted by atomic mass is 9.96. The van der Waals surface area contributed by atoms with Gasteiger partial charge in [-0.05, 0) is 92.3 Å². The van der Waals surface area contributed by atoms with Gasteiger partial charge in [-0.1, -0.05) is 6.07 Å². The van der Waals surface area contributed by atoms with Gasteiger partial charge in [-0.3, -0.25) is 9.71 Å². The second-order valence-electron chi connectivity index (χ2n) is 11.0. The molecule has 0 unspecified atom stereocenters. The molecule has 230 valence electrons. The molecule has 0 bridgehead atoms. The molecule has 10 nitrogen and oxygen atoms in total. The van der Waals surface area contributed by atoms with Gasteiger partial charge in [-0.25, -0.2) is 8.42 Å². The van der Waals surface area contributed by atoms with E-state index in [1.807, 2.05) is 29.2 Å². The monoisotopic (exact) mass is 632 g/mol. The second-order valence-corrected chi connectivity index (χ2v) is 13.2. The molecule has 0 saturated carbocycles. The van der Waals surface area contributed by atoms with Gasteiger partial charge in [0.05, 0.1) is 50.0 Å². The zero-order valence-corrected chi connectivity index (χ0v) is 26.8. The van der Waals surface area contributed by atoms with Crippen LogP contribution in [-0.2, 0) is 14.8 Å². The Morgan fingerprint density at radius 2 is 1.70 bits per heavy atom. The Labute approximate surface area is 263 Å². The van der Waals surface area contributed by atoms with Gasteiger partial charge >= 0.3 is 0 Å². The number of anilines is 3. The lowest BCUT2D eigenvalue weighted by Gasteiger charge is -2.29. The number of morpholine rings is 1. The van der Waals surface area contributed by atoms with Crippen LogP contribution in [0.2, 0.25) is 0 Å². The lowest BCUT2D eigenvalue weighted by molar-refractivity contribution is 0.122. The van der Waals surface area contributed by atoms with Crippen LogP contribution in [0.3, 0.4) is 0 Å². The van der Waals surface area contributed by atoms with Crippen molar-refractivity contribution in [1.82, 2.24) is 14.9 Å². The summed E-state index contributed by atoms with van der Waals surface area (Å²) in [5.41, 5.74) is 7.40. The minimum Gasteiger partial charge on any atom is -0.495 e. The van der Waals surface area contributed by atoms with Crippen molar-refractivity contribution in [3.63, 3.8) is 0 Å². The quantitative estimate of drug-likeness (QED) is 0.263. The fourth-order valence-corrected chi connectivity index (χ4v) is 7.10. The van der Waals surface area contributed by atoms with Gasteiger partial charge < -0.3 is 29.2 Å². The topological polar surface area (TPSA) is 101 Å². The van der Waals surface area contributed by atoms with Gasteiger partial charge in [0.15, 0.2) is 5.11 Å². The Balaban J connectivity index is 1.44. The Morgan fingerprint density at radius 3 is 2.36 bits per heavy atom. The molecule has 44 heavy (non-hydrogen) atoms. The molecule has 2 aliphatic rings. The van der Waals surface area contributed by atoms with Crippen LogP contribution in [0.25, 0.3) is 5.69 Å². The first-order valence-electron chi connectivity index (χ1n) is 14.4. The third-order valence-electron chi connectivity index (χ3n) is 8.13. The van der Waals surface area contributed by atoms with E-state index in [0.717, 1.165) is 66.6 Å². The first kappa shape index (κ1) is 29.9. The van der Waals surface area contributed by atoms with Crippen molar-refractivity contribution in [2.24, 2.45) is 0 Å². The first-order valence-corrected chi connectivity index (χ1v) is 16.7. The minimum absolute atomic E-state index is 0.255. The van der Waals surface area contributed by atoms with Crippen molar-refractivity contribution >= 4 is 44.4 Å². The Morgan fingerprint density at radius 1 is 1.00 bits per heavy atom. The van der Waals surface area contributed by atoms with Crippen LogP contribution in [0.4, 0.5) is 17.1 Å². The second kappa shape index (κ2) is 12.1. The molecule has 2 aromatic carbocycles. The maximum absolute atomic E-state index is 12.2. The third kappa shape index (κ3) is 5.84. The molecule has 6 rings (SSSR count). The summed E-state index contributed by atoms with van der Waals surface area (Å²) in [6.07, 6.45) is 2.89. The summed E-state index contributed by atoms with van der Waals surface area (Å²) >= 11 is 5.94. The van der Waals surface area contributed by atoms with Crippen molar-refractivity contribution in [2.45, 2.75) is 25.9 Å². The zero-order valence-electron chi connectivity index (χ0n) is 25.1. The lowest BCUT2D eigenvalue weighted by Crippen LogP contribution is -2.36. The number of pyridine rings is 1. The van der Waals surface area contributed by atoms with E-state index < -0.39 is 10.0 Å². The Kier molecular flexibility index (Phi) is 8.23. The van der Waals surface area contributed by atoms with Crippen LogP contribution in [0.1, 0.15) is 34.7 Å². The molecular formula is C32H36N6O4S2. The molecule has 0 radical (unpaired) electrons. The molecule has 0 amide bonds. The number of hydrogen-bond donors (Lipinski definition) is 2. The molecule has 12 heteroatoms. The van der Waals surface area contributed by atoms with E-state index in [-0.39, 0.29) is 12.1 Å². The number of nitrogens with zero attached hydrogens (tertiary/aromatic N) is 4. The van der Waals surface area contributed by atoms with Gasteiger partial charge in [0.1, 0.15) is 5.75 Å². The van der Waals surface area contributed by atoms with Crippen LogP contribution in [0.15, 0.2) is 72.9 Å². The highest BCUT2D eigenvalue weighted by Gasteiger charge is 2.42. The number of sulfonamides is 1. The number of thiocarbonyl (C=S) groups is 1. The van der Waals surface area contributed by atoms with E-state index in [0.29, 0.717) is 16.5 Å². The molecule has 4 aromatic rings. The summed E-state index contributed by atoms with van der Waals surface area (Å²) in [6, 6.07) is 21.6. The summed E-state index contributed by atoms with van der Waals surface area (Å²) in [7, 11) is -2.05. The maximum atomic E-state index is 12.2. The predicted octanol–water partition coefficient (Wildman–Crippen LogP) is 4.88. The van der Waals surface area contributed by atoms with Gasteiger partial charge in [-0.15, -0.1) is 0 Å². The van der Waals surface area contributed by atoms with Crippen molar-refractivity contribution < 1.29 is 17.9 Å². The fraction of sp³-hybridized carbons (Fsp3) is 0.312. The van der Waals surface area contributed by atoms with E-state index in [2.05, 4.69) is 68.7 Å². The molecule has 2 fully saturated rings. The van der Waals surface area contributed by atoms with Crippen LogP contribution in [0.5, 0.6) is 5.75 Å².